The van der Waals surface area contributed by atoms with Gasteiger partial charge < -0.3 is 15.2 Å². The van der Waals surface area contributed by atoms with Crippen molar-refractivity contribution in [1.29, 1.82) is 0 Å². The van der Waals surface area contributed by atoms with E-state index in [-0.39, 0.29) is 11.8 Å². The second-order valence-corrected chi connectivity index (χ2v) is 9.08. The standard InChI is InChI=1S/C23H23N3O2S/c27-21(25-20-7-3-6-19-18(20)8-11-24-19)14-23(9-12-29-13-10-23)26-15-16-4-1-2-5-17(16)22(26)28/h1-8,11,24H,9-10,12-15H2,(H,25,27). The van der Waals surface area contributed by atoms with E-state index in [1.54, 1.807) is 0 Å². The molecule has 5 nitrogen and oxygen atoms in total. The Hall–Kier alpha value is -2.73. The van der Waals surface area contributed by atoms with E-state index < -0.39 is 5.54 Å². The van der Waals surface area contributed by atoms with Gasteiger partial charge in [-0.3, -0.25) is 9.59 Å². The van der Waals surface area contributed by atoms with Crippen molar-refractivity contribution < 1.29 is 9.59 Å². The number of rotatable bonds is 4. The number of aromatic nitrogens is 1. The maximum absolute atomic E-state index is 13.2. The molecule has 5 rings (SSSR count). The highest BCUT2D eigenvalue weighted by Crippen LogP contribution is 2.40. The third-order valence-corrected chi connectivity index (χ3v) is 7.16. The average Bonchev–Trinajstić information content (AvgIpc) is 3.35. The SMILES string of the molecule is O=C(CC1(N2Cc3ccccc3C2=O)CCSCC1)Nc1cccc2[nH]ccc12. The molecule has 0 aliphatic carbocycles. The van der Waals surface area contributed by atoms with Crippen LogP contribution in [0, 0.1) is 0 Å². The van der Waals surface area contributed by atoms with Crippen LogP contribution >= 0.6 is 11.8 Å². The smallest absolute Gasteiger partial charge is 0.254 e. The number of nitrogens with zero attached hydrogens (tertiary/aromatic N) is 1. The Bertz CT molecular complexity index is 1080. The van der Waals surface area contributed by atoms with Crippen LogP contribution in [0.15, 0.2) is 54.7 Å². The Morgan fingerprint density at radius 3 is 2.76 bits per heavy atom. The first kappa shape index (κ1) is 18.3. The number of benzene rings is 2. The molecule has 29 heavy (non-hydrogen) atoms. The number of anilines is 1. The number of hydrogen-bond donors (Lipinski definition) is 2. The summed E-state index contributed by atoms with van der Waals surface area (Å²) in [5.41, 5.74) is 3.23. The van der Waals surface area contributed by atoms with Crippen LogP contribution in [-0.4, -0.2) is 38.7 Å². The number of H-pyrrole nitrogens is 1. The van der Waals surface area contributed by atoms with E-state index in [0.29, 0.717) is 13.0 Å². The highest BCUT2D eigenvalue weighted by molar-refractivity contribution is 7.99. The van der Waals surface area contributed by atoms with Crippen molar-refractivity contribution in [3.8, 4) is 0 Å². The van der Waals surface area contributed by atoms with Crippen LogP contribution in [0.5, 0.6) is 0 Å². The Morgan fingerprint density at radius 2 is 1.93 bits per heavy atom. The highest BCUT2D eigenvalue weighted by atomic mass is 32.2. The summed E-state index contributed by atoms with van der Waals surface area (Å²) in [5.74, 6) is 1.98. The van der Waals surface area contributed by atoms with Crippen molar-refractivity contribution >= 4 is 40.2 Å². The van der Waals surface area contributed by atoms with Gasteiger partial charge in [-0.25, -0.2) is 0 Å². The summed E-state index contributed by atoms with van der Waals surface area (Å²) in [6.07, 6.45) is 3.90. The summed E-state index contributed by atoms with van der Waals surface area (Å²) in [6, 6.07) is 15.6. The molecule has 2 aromatic carbocycles. The fourth-order valence-corrected chi connectivity index (χ4v) is 5.87. The molecule has 0 bridgehead atoms. The lowest BCUT2D eigenvalue weighted by Gasteiger charge is -2.44. The molecule has 0 unspecified atom stereocenters. The van der Waals surface area contributed by atoms with Crippen LogP contribution in [-0.2, 0) is 11.3 Å². The Morgan fingerprint density at radius 1 is 1.10 bits per heavy atom. The maximum atomic E-state index is 13.2. The van der Waals surface area contributed by atoms with Gasteiger partial charge in [-0.15, -0.1) is 0 Å². The zero-order chi connectivity index (χ0) is 19.8. The lowest BCUT2D eigenvalue weighted by molar-refractivity contribution is -0.119. The zero-order valence-electron chi connectivity index (χ0n) is 16.1. The molecule has 148 valence electrons. The molecule has 1 aromatic heterocycles. The van der Waals surface area contributed by atoms with Gasteiger partial charge in [0.2, 0.25) is 5.91 Å². The van der Waals surface area contributed by atoms with Gasteiger partial charge in [0.05, 0.1) is 17.6 Å². The van der Waals surface area contributed by atoms with Gasteiger partial charge in [-0.05, 0) is 54.2 Å². The summed E-state index contributed by atoms with van der Waals surface area (Å²) in [7, 11) is 0. The fourth-order valence-electron chi connectivity index (χ4n) is 4.62. The van der Waals surface area contributed by atoms with Crippen molar-refractivity contribution in [2.45, 2.75) is 31.3 Å². The van der Waals surface area contributed by atoms with Gasteiger partial charge in [0.1, 0.15) is 0 Å². The second-order valence-electron chi connectivity index (χ2n) is 7.85. The molecule has 0 radical (unpaired) electrons. The van der Waals surface area contributed by atoms with E-state index in [9.17, 15) is 9.59 Å². The summed E-state index contributed by atoms with van der Waals surface area (Å²) < 4.78 is 0. The van der Waals surface area contributed by atoms with Crippen molar-refractivity contribution in [1.82, 2.24) is 9.88 Å². The number of carbonyl (C=O) groups excluding carboxylic acids is 2. The minimum Gasteiger partial charge on any atom is -0.361 e. The van der Waals surface area contributed by atoms with E-state index in [0.717, 1.165) is 52.1 Å². The van der Waals surface area contributed by atoms with Crippen molar-refractivity contribution in [2.24, 2.45) is 0 Å². The predicted octanol–water partition coefficient (Wildman–Crippen LogP) is 4.42. The number of hydrogen-bond acceptors (Lipinski definition) is 3. The first-order chi connectivity index (χ1) is 14.2. The van der Waals surface area contributed by atoms with E-state index in [1.807, 2.05) is 71.4 Å². The van der Waals surface area contributed by atoms with Crippen molar-refractivity contribution in [3.63, 3.8) is 0 Å². The third kappa shape index (κ3) is 3.21. The summed E-state index contributed by atoms with van der Waals surface area (Å²) in [5, 5.41) is 4.10. The van der Waals surface area contributed by atoms with Crippen LogP contribution in [0.3, 0.4) is 0 Å². The summed E-state index contributed by atoms with van der Waals surface area (Å²) in [4.78, 5) is 31.4. The number of fused-ring (bicyclic) bond motifs is 2. The van der Waals surface area contributed by atoms with Gasteiger partial charge in [-0.1, -0.05) is 24.3 Å². The molecule has 0 saturated carbocycles. The largest absolute Gasteiger partial charge is 0.361 e. The van der Waals surface area contributed by atoms with Crippen LogP contribution in [0.4, 0.5) is 5.69 Å². The second kappa shape index (κ2) is 7.26. The molecule has 1 saturated heterocycles. The van der Waals surface area contributed by atoms with Gasteiger partial charge in [0.15, 0.2) is 0 Å². The molecular formula is C23H23N3O2S. The molecule has 1 fully saturated rings. The van der Waals surface area contributed by atoms with Crippen LogP contribution in [0.1, 0.15) is 35.2 Å². The van der Waals surface area contributed by atoms with Gasteiger partial charge in [0, 0.05) is 29.2 Å². The summed E-state index contributed by atoms with van der Waals surface area (Å²) >= 11 is 1.90. The van der Waals surface area contributed by atoms with E-state index in [4.69, 9.17) is 0 Å². The van der Waals surface area contributed by atoms with Crippen molar-refractivity contribution in [2.75, 3.05) is 16.8 Å². The van der Waals surface area contributed by atoms with Crippen molar-refractivity contribution in [3.05, 3.63) is 65.9 Å². The van der Waals surface area contributed by atoms with E-state index >= 15 is 0 Å². The molecule has 3 heterocycles. The predicted molar refractivity (Wildman–Crippen MR) is 117 cm³/mol. The lowest BCUT2D eigenvalue weighted by atomic mass is 9.86. The zero-order valence-corrected chi connectivity index (χ0v) is 16.9. The fraction of sp³-hybridized carbons (Fsp3) is 0.304. The third-order valence-electron chi connectivity index (χ3n) is 6.18. The van der Waals surface area contributed by atoms with Gasteiger partial charge in [-0.2, -0.15) is 11.8 Å². The number of carbonyl (C=O) groups is 2. The minimum atomic E-state index is -0.419. The minimum absolute atomic E-state index is 0.0330. The number of nitrogens with one attached hydrogen (secondary N) is 2. The Balaban J connectivity index is 1.41. The topological polar surface area (TPSA) is 65.2 Å². The molecule has 3 aromatic rings. The monoisotopic (exact) mass is 405 g/mol. The van der Waals surface area contributed by atoms with Gasteiger partial charge >= 0.3 is 0 Å². The summed E-state index contributed by atoms with van der Waals surface area (Å²) in [6.45, 7) is 0.598. The first-order valence-electron chi connectivity index (χ1n) is 10.00. The maximum Gasteiger partial charge on any atom is 0.254 e. The Kier molecular flexibility index (Phi) is 4.59. The van der Waals surface area contributed by atoms with E-state index in [2.05, 4.69) is 10.3 Å². The van der Waals surface area contributed by atoms with E-state index in [1.165, 1.54) is 0 Å². The molecular weight excluding hydrogens is 382 g/mol. The van der Waals surface area contributed by atoms with Gasteiger partial charge in [0.25, 0.3) is 5.91 Å². The van der Waals surface area contributed by atoms with Crippen LogP contribution < -0.4 is 5.32 Å². The molecule has 0 spiro atoms. The quantitative estimate of drug-likeness (QED) is 0.675. The highest BCUT2D eigenvalue weighted by Gasteiger charge is 2.45. The Labute approximate surface area is 173 Å². The number of thioether (sulfide) groups is 1. The molecule has 2 aliphatic rings. The molecule has 0 atom stereocenters. The number of aromatic amines is 1. The molecule has 2 N–H and O–H groups in total. The lowest BCUT2D eigenvalue weighted by Crippen LogP contribution is -2.53. The molecule has 6 heteroatoms. The average molecular weight is 406 g/mol. The van der Waals surface area contributed by atoms with Crippen LogP contribution in [0.2, 0.25) is 0 Å². The molecule has 2 amide bonds. The first-order valence-corrected chi connectivity index (χ1v) is 11.2. The normalized spacial score (nSPS) is 18.1. The number of amides is 2. The molecule has 2 aliphatic heterocycles. The van der Waals surface area contributed by atoms with Crippen LogP contribution in [0.25, 0.3) is 10.9 Å².